The molecule has 11 aromatic rings. The summed E-state index contributed by atoms with van der Waals surface area (Å²) >= 11 is 1.84. The van der Waals surface area contributed by atoms with Gasteiger partial charge in [0.25, 0.3) is 6.71 Å². The molecule has 0 unspecified atom stereocenters. The van der Waals surface area contributed by atoms with Crippen molar-refractivity contribution < 1.29 is 0 Å². The summed E-state index contributed by atoms with van der Waals surface area (Å²) in [7, 11) is 0. The van der Waals surface area contributed by atoms with Crippen LogP contribution in [0.5, 0.6) is 0 Å². The highest BCUT2D eigenvalue weighted by Gasteiger charge is 2.46. The standard InChI is InChI=1S/C73H65BN4S/c1-71(2,3)52-32-37-55(38-33-52)76(62-29-20-19-28-58(62)49-24-15-11-16-25-49)57-41-42-61-66(46-57)78(63-43-36-54(73(7,8)9)45-59(63)50-26-17-12-18-27-50)65-31-21-30-64-67(65)74(61)69-68(77(64)56-39-34-53(35-40-56)72(4,5)6)60-44-51(47-75-70(60)79-69)48-22-13-10-14-23-48/h10-47H,1-9H3. The first-order valence-corrected chi connectivity index (χ1v) is 28.6. The predicted molar refractivity (Wildman–Crippen MR) is 341 cm³/mol. The van der Waals surface area contributed by atoms with Crippen molar-refractivity contribution in [2.24, 2.45) is 0 Å². The van der Waals surface area contributed by atoms with Gasteiger partial charge in [-0.2, -0.15) is 0 Å². The molecule has 2 aliphatic rings. The Hall–Kier alpha value is -8.45. The molecule has 6 heteroatoms. The van der Waals surface area contributed by atoms with Crippen LogP contribution in [0.1, 0.15) is 79.0 Å². The fraction of sp³-hybridized carbons (Fsp3) is 0.164. The lowest BCUT2D eigenvalue weighted by atomic mass is 9.36. The van der Waals surface area contributed by atoms with Crippen molar-refractivity contribution >= 4 is 95.2 Å². The fourth-order valence-electron chi connectivity index (χ4n) is 12.0. The zero-order chi connectivity index (χ0) is 54.4. The molecule has 0 amide bonds. The third kappa shape index (κ3) is 8.83. The van der Waals surface area contributed by atoms with Crippen LogP contribution in [0.2, 0.25) is 0 Å². The average Bonchev–Trinajstić information content (AvgIpc) is 3.51. The predicted octanol–water partition coefficient (Wildman–Crippen LogP) is 18.7. The van der Waals surface area contributed by atoms with Gasteiger partial charge in [-0.25, -0.2) is 4.98 Å². The fourth-order valence-corrected chi connectivity index (χ4v) is 13.2. The highest BCUT2D eigenvalue weighted by atomic mass is 32.1. The van der Waals surface area contributed by atoms with Gasteiger partial charge in [0.1, 0.15) is 4.83 Å². The maximum atomic E-state index is 5.33. The molecule has 79 heavy (non-hydrogen) atoms. The van der Waals surface area contributed by atoms with Crippen LogP contribution in [0, 0.1) is 0 Å². The summed E-state index contributed by atoms with van der Waals surface area (Å²) in [6.45, 7) is 20.6. The topological polar surface area (TPSA) is 22.6 Å². The molecule has 0 bridgehead atoms. The summed E-state index contributed by atoms with van der Waals surface area (Å²) in [5.41, 5.74) is 23.5. The summed E-state index contributed by atoms with van der Waals surface area (Å²) in [6.07, 6.45) is 2.06. The van der Waals surface area contributed by atoms with Crippen LogP contribution in [-0.2, 0) is 16.2 Å². The minimum Gasteiger partial charge on any atom is -0.311 e. The molecular formula is C73H65BN4S. The van der Waals surface area contributed by atoms with Crippen LogP contribution in [0.15, 0.2) is 231 Å². The number of thiophene rings is 1. The summed E-state index contributed by atoms with van der Waals surface area (Å²) in [6, 6.07) is 83.8. The minimum absolute atomic E-state index is 0.00158. The van der Waals surface area contributed by atoms with E-state index in [2.05, 4.69) is 308 Å². The van der Waals surface area contributed by atoms with Crippen molar-refractivity contribution in [1.29, 1.82) is 0 Å². The van der Waals surface area contributed by atoms with Gasteiger partial charge in [-0.15, -0.1) is 11.3 Å². The molecule has 2 aliphatic heterocycles. The van der Waals surface area contributed by atoms with Crippen LogP contribution in [0.25, 0.3) is 43.6 Å². The van der Waals surface area contributed by atoms with Gasteiger partial charge in [0.2, 0.25) is 0 Å². The maximum absolute atomic E-state index is 5.33. The van der Waals surface area contributed by atoms with E-state index in [0.29, 0.717) is 0 Å². The molecule has 0 radical (unpaired) electrons. The molecule has 386 valence electrons. The third-order valence-corrected chi connectivity index (χ3v) is 17.4. The van der Waals surface area contributed by atoms with Crippen molar-refractivity contribution in [2.75, 3.05) is 14.7 Å². The SMILES string of the molecule is CC(C)(C)c1ccc(N(c2ccc3c(c2)N(c2ccc(C(C)(C)C)cc2-c2ccccc2)c2cccc4c2B3c2sc3ncc(-c5ccccc5)cc3c2N4c2ccc(C(C)(C)C)cc2)c2ccccc2-c2ccccc2)cc1. The maximum Gasteiger partial charge on any atom is 0.264 e. The number of pyridine rings is 1. The molecule has 2 aromatic heterocycles. The molecule has 0 atom stereocenters. The zero-order valence-corrected chi connectivity index (χ0v) is 47.5. The van der Waals surface area contributed by atoms with E-state index < -0.39 is 0 Å². The van der Waals surface area contributed by atoms with Crippen LogP contribution in [0.3, 0.4) is 0 Å². The van der Waals surface area contributed by atoms with Gasteiger partial charge in [0.15, 0.2) is 0 Å². The van der Waals surface area contributed by atoms with Crippen LogP contribution in [0.4, 0.5) is 51.2 Å². The lowest BCUT2D eigenvalue weighted by Gasteiger charge is -2.44. The van der Waals surface area contributed by atoms with Crippen molar-refractivity contribution in [3.05, 3.63) is 247 Å². The van der Waals surface area contributed by atoms with Crippen molar-refractivity contribution in [3.63, 3.8) is 0 Å². The summed E-state index contributed by atoms with van der Waals surface area (Å²) < 4.78 is 1.29. The monoisotopic (exact) mass is 1040 g/mol. The van der Waals surface area contributed by atoms with Gasteiger partial charge in [-0.05, 0) is 133 Å². The molecule has 0 spiro atoms. The summed E-state index contributed by atoms with van der Waals surface area (Å²) in [5.74, 6) is 0. The van der Waals surface area contributed by atoms with E-state index in [4.69, 9.17) is 4.98 Å². The number of nitrogens with zero attached hydrogens (tertiary/aromatic N) is 4. The lowest BCUT2D eigenvalue weighted by Crippen LogP contribution is -2.60. The summed E-state index contributed by atoms with van der Waals surface area (Å²) in [5, 5.41) is 1.16. The Kier molecular flexibility index (Phi) is 12.2. The van der Waals surface area contributed by atoms with E-state index in [0.717, 1.165) is 66.7 Å². The van der Waals surface area contributed by atoms with E-state index in [-0.39, 0.29) is 23.0 Å². The molecule has 0 aliphatic carbocycles. The first-order chi connectivity index (χ1) is 38.1. The summed E-state index contributed by atoms with van der Waals surface area (Å²) in [4.78, 5) is 14.0. The average molecular weight is 1040 g/mol. The van der Waals surface area contributed by atoms with E-state index in [9.17, 15) is 0 Å². The number of aromatic nitrogens is 1. The van der Waals surface area contributed by atoms with Crippen LogP contribution >= 0.6 is 11.3 Å². The number of anilines is 9. The molecule has 4 heterocycles. The first-order valence-electron chi connectivity index (χ1n) is 27.8. The number of hydrogen-bond donors (Lipinski definition) is 0. The number of hydrogen-bond acceptors (Lipinski definition) is 5. The number of benzene rings is 9. The molecule has 13 rings (SSSR count). The van der Waals surface area contributed by atoms with Crippen LogP contribution < -0.4 is 30.4 Å². The minimum atomic E-state index is -0.101. The molecule has 0 fully saturated rings. The van der Waals surface area contributed by atoms with E-state index in [1.807, 2.05) is 11.3 Å². The van der Waals surface area contributed by atoms with Gasteiger partial charge in [-0.3, -0.25) is 0 Å². The Balaban J connectivity index is 1.12. The molecule has 9 aromatic carbocycles. The number of rotatable bonds is 8. The Morgan fingerprint density at radius 1 is 0.418 bits per heavy atom. The third-order valence-electron chi connectivity index (χ3n) is 16.2. The second-order valence-corrected chi connectivity index (χ2v) is 25.5. The van der Waals surface area contributed by atoms with Gasteiger partial charge in [0, 0.05) is 67.2 Å². The van der Waals surface area contributed by atoms with Crippen molar-refractivity contribution in [2.45, 2.75) is 78.6 Å². The smallest absolute Gasteiger partial charge is 0.264 e. The Bertz CT molecular complexity index is 4070. The van der Waals surface area contributed by atoms with E-state index in [1.54, 1.807) is 0 Å². The number of para-hydroxylation sites is 1. The quantitative estimate of drug-likeness (QED) is 0.141. The molecule has 0 saturated carbocycles. The second kappa shape index (κ2) is 19.2. The number of fused-ring (bicyclic) bond motifs is 6. The largest absolute Gasteiger partial charge is 0.311 e. The van der Waals surface area contributed by atoms with Crippen molar-refractivity contribution in [3.8, 4) is 33.4 Å². The molecule has 0 N–H and O–H groups in total. The second-order valence-electron chi connectivity index (χ2n) is 24.5. The van der Waals surface area contributed by atoms with Gasteiger partial charge in [0.05, 0.1) is 17.1 Å². The lowest BCUT2D eigenvalue weighted by molar-refractivity contribution is 0.590. The normalized spacial score (nSPS) is 13.1. The highest BCUT2D eigenvalue weighted by Crippen LogP contribution is 2.51. The van der Waals surface area contributed by atoms with Gasteiger partial charge >= 0.3 is 0 Å². The van der Waals surface area contributed by atoms with Gasteiger partial charge in [-0.1, -0.05) is 214 Å². The van der Waals surface area contributed by atoms with Gasteiger partial charge < -0.3 is 14.7 Å². The molecular weight excluding hydrogens is 976 g/mol. The van der Waals surface area contributed by atoms with E-state index in [1.165, 1.54) is 60.5 Å². The molecule has 0 saturated heterocycles. The Labute approximate surface area is 471 Å². The van der Waals surface area contributed by atoms with Crippen molar-refractivity contribution in [1.82, 2.24) is 4.98 Å². The van der Waals surface area contributed by atoms with Crippen LogP contribution in [-0.4, -0.2) is 11.7 Å². The van der Waals surface area contributed by atoms with E-state index >= 15 is 0 Å². The highest BCUT2D eigenvalue weighted by molar-refractivity contribution is 7.33. The Morgan fingerprint density at radius 3 is 1.59 bits per heavy atom. The first kappa shape index (κ1) is 50.1. The zero-order valence-electron chi connectivity index (χ0n) is 46.7. The Morgan fingerprint density at radius 2 is 0.962 bits per heavy atom. The molecule has 4 nitrogen and oxygen atoms in total.